The lowest BCUT2D eigenvalue weighted by Crippen LogP contribution is -2.30. The lowest BCUT2D eigenvalue weighted by molar-refractivity contribution is -0.117. The van der Waals surface area contributed by atoms with Crippen molar-refractivity contribution in [3.05, 3.63) is 87.8 Å². The van der Waals surface area contributed by atoms with Crippen LogP contribution in [-0.2, 0) is 4.79 Å². The second-order valence-corrected chi connectivity index (χ2v) is 6.99. The Morgan fingerprint density at radius 3 is 2.33 bits per heavy atom. The van der Waals surface area contributed by atoms with E-state index in [4.69, 9.17) is 16.1 Å². The largest absolute Gasteiger partial charge is 0.503 e. The molecule has 0 saturated heterocycles. The van der Waals surface area contributed by atoms with Gasteiger partial charge in [0.1, 0.15) is 5.76 Å². The van der Waals surface area contributed by atoms with Crippen molar-refractivity contribution < 1.29 is 14.4 Å². The van der Waals surface area contributed by atoms with Crippen LogP contribution in [0.25, 0.3) is 5.57 Å². The molecule has 1 aliphatic heterocycles. The Labute approximate surface area is 161 Å². The Morgan fingerprint density at radius 1 is 1.07 bits per heavy atom. The molecule has 1 aromatic heterocycles. The summed E-state index contributed by atoms with van der Waals surface area (Å²) in [7, 11) is 0. The van der Waals surface area contributed by atoms with Gasteiger partial charge in [-0.1, -0.05) is 58.7 Å². The van der Waals surface area contributed by atoms with Crippen molar-refractivity contribution in [3.63, 3.8) is 0 Å². The summed E-state index contributed by atoms with van der Waals surface area (Å²) in [5, 5.41) is 15.3. The number of aryl methyl sites for hydroxylation is 2. The molecule has 0 fully saturated rings. The number of hydrogen-bond acceptors (Lipinski definition) is 4. The first kappa shape index (κ1) is 17.4. The number of aliphatic hydroxyl groups is 1. The molecule has 2 heterocycles. The molecule has 1 N–H and O–H groups in total. The number of nitrogens with zero attached hydrogens (tertiary/aromatic N) is 2. The fourth-order valence-electron chi connectivity index (χ4n) is 3.30. The number of halogens is 1. The maximum Gasteiger partial charge on any atom is 0.295 e. The van der Waals surface area contributed by atoms with Gasteiger partial charge in [0.15, 0.2) is 11.6 Å². The Hall–Kier alpha value is -3.05. The highest BCUT2D eigenvalue weighted by molar-refractivity contribution is 6.30. The van der Waals surface area contributed by atoms with Gasteiger partial charge in [-0.3, -0.25) is 9.69 Å². The maximum atomic E-state index is 12.9. The van der Waals surface area contributed by atoms with Crippen LogP contribution < -0.4 is 4.90 Å². The maximum absolute atomic E-state index is 12.9. The van der Waals surface area contributed by atoms with Crippen LogP contribution >= 0.6 is 11.6 Å². The Balaban J connectivity index is 1.90. The number of hydrogen-bond donors (Lipinski definition) is 1. The number of anilines is 1. The van der Waals surface area contributed by atoms with E-state index < -0.39 is 11.9 Å². The van der Waals surface area contributed by atoms with Crippen molar-refractivity contribution >= 4 is 28.9 Å². The van der Waals surface area contributed by atoms with Crippen molar-refractivity contribution in [2.75, 3.05) is 4.90 Å². The number of aromatic nitrogens is 1. The van der Waals surface area contributed by atoms with Gasteiger partial charge in [-0.15, -0.1) is 0 Å². The SMILES string of the molecule is Cc1ccc(C2=C(O)C(=O)N(c3cc(C)on3)C2c2ccc(Cl)cc2)cc1. The van der Waals surface area contributed by atoms with E-state index in [1.54, 1.807) is 25.1 Å². The van der Waals surface area contributed by atoms with Gasteiger partial charge < -0.3 is 9.63 Å². The van der Waals surface area contributed by atoms with Crippen LogP contribution in [0.2, 0.25) is 5.02 Å². The predicted molar refractivity (Wildman–Crippen MR) is 104 cm³/mol. The van der Waals surface area contributed by atoms with Crippen LogP contribution in [0, 0.1) is 13.8 Å². The van der Waals surface area contributed by atoms with Gasteiger partial charge in [-0.05, 0) is 37.1 Å². The highest BCUT2D eigenvalue weighted by Gasteiger charge is 2.43. The van der Waals surface area contributed by atoms with Crippen LogP contribution in [-0.4, -0.2) is 16.2 Å². The fraction of sp³-hybridized carbons (Fsp3) is 0.143. The Bertz CT molecular complexity index is 1040. The molecule has 1 atom stereocenters. The van der Waals surface area contributed by atoms with E-state index in [2.05, 4.69) is 5.16 Å². The summed E-state index contributed by atoms with van der Waals surface area (Å²) in [4.78, 5) is 14.4. The summed E-state index contributed by atoms with van der Waals surface area (Å²) in [5.41, 5.74) is 3.21. The zero-order chi connectivity index (χ0) is 19.1. The highest BCUT2D eigenvalue weighted by Crippen LogP contribution is 2.45. The summed E-state index contributed by atoms with van der Waals surface area (Å²) in [6.45, 7) is 3.74. The predicted octanol–water partition coefficient (Wildman–Crippen LogP) is 5.00. The molecule has 1 amide bonds. The van der Waals surface area contributed by atoms with Gasteiger partial charge in [0.05, 0.1) is 6.04 Å². The Morgan fingerprint density at radius 2 is 1.74 bits per heavy atom. The third-order valence-electron chi connectivity index (χ3n) is 4.62. The molecule has 6 heteroatoms. The zero-order valence-corrected chi connectivity index (χ0v) is 15.6. The molecular formula is C21H17ClN2O3. The van der Waals surface area contributed by atoms with Gasteiger partial charge in [0.25, 0.3) is 5.91 Å². The van der Waals surface area contributed by atoms with E-state index in [0.29, 0.717) is 22.2 Å². The fourth-order valence-corrected chi connectivity index (χ4v) is 3.42. The number of aliphatic hydroxyl groups excluding tert-OH is 1. The minimum atomic E-state index is -0.540. The van der Waals surface area contributed by atoms with Gasteiger partial charge in [0.2, 0.25) is 0 Å². The van der Waals surface area contributed by atoms with E-state index in [9.17, 15) is 9.90 Å². The molecule has 5 nitrogen and oxygen atoms in total. The zero-order valence-electron chi connectivity index (χ0n) is 14.8. The van der Waals surface area contributed by atoms with Gasteiger partial charge in [-0.2, -0.15) is 0 Å². The molecule has 0 spiro atoms. The van der Waals surface area contributed by atoms with Crippen molar-refractivity contribution in [1.82, 2.24) is 5.16 Å². The smallest absolute Gasteiger partial charge is 0.295 e. The lowest BCUT2D eigenvalue weighted by atomic mass is 9.93. The molecule has 0 saturated carbocycles. The van der Waals surface area contributed by atoms with Crippen LogP contribution in [0.15, 0.2) is 64.9 Å². The average Bonchev–Trinajstić information content (AvgIpc) is 3.18. The highest BCUT2D eigenvalue weighted by atomic mass is 35.5. The standard InChI is InChI=1S/C21H17ClN2O3/c1-12-3-5-14(6-4-12)18-19(15-7-9-16(22)10-8-15)24(21(26)20(18)25)17-11-13(2)27-23-17/h3-11,19,25H,1-2H3. The van der Waals surface area contributed by atoms with Crippen molar-refractivity contribution in [2.45, 2.75) is 19.9 Å². The third kappa shape index (κ3) is 3.00. The van der Waals surface area contributed by atoms with E-state index in [1.165, 1.54) is 4.90 Å². The minimum Gasteiger partial charge on any atom is -0.503 e. The van der Waals surface area contributed by atoms with E-state index >= 15 is 0 Å². The number of benzene rings is 2. The molecule has 2 aromatic carbocycles. The summed E-state index contributed by atoms with van der Waals surface area (Å²) in [6.07, 6.45) is 0. The van der Waals surface area contributed by atoms with Gasteiger partial charge in [-0.25, -0.2) is 0 Å². The summed E-state index contributed by atoms with van der Waals surface area (Å²) in [6, 6.07) is 16.0. The lowest BCUT2D eigenvalue weighted by Gasteiger charge is -2.25. The molecule has 27 heavy (non-hydrogen) atoms. The second-order valence-electron chi connectivity index (χ2n) is 6.55. The van der Waals surface area contributed by atoms with Gasteiger partial charge >= 0.3 is 0 Å². The molecule has 4 rings (SSSR count). The number of carbonyl (C=O) groups is 1. The van der Waals surface area contributed by atoms with Crippen molar-refractivity contribution in [3.8, 4) is 0 Å². The first-order valence-corrected chi connectivity index (χ1v) is 8.86. The first-order chi connectivity index (χ1) is 13.0. The summed E-state index contributed by atoms with van der Waals surface area (Å²) in [5.74, 6) is 0.125. The molecule has 0 aliphatic carbocycles. The number of amides is 1. The van der Waals surface area contributed by atoms with Crippen LogP contribution in [0.1, 0.15) is 28.5 Å². The summed E-state index contributed by atoms with van der Waals surface area (Å²) >= 11 is 6.03. The monoisotopic (exact) mass is 380 g/mol. The molecule has 136 valence electrons. The second kappa shape index (κ2) is 6.59. The minimum absolute atomic E-state index is 0.292. The van der Waals surface area contributed by atoms with Crippen molar-refractivity contribution in [1.29, 1.82) is 0 Å². The molecular weight excluding hydrogens is 364 g/mol. The van der Waals surface area contributed by atoms with E-state index in [-0.39, 0.29) is 5.76 Å². The normalized spacial score (nSPS) is 17.1. The molecule has 0 bridgehead atoms. The molecule has 3 aromatic rings. The summed E-state index contributed by atoms with van der Waals surface area (Å²) < 4.78 is 5.16. The molecule has 1 unspecified atom stereocenters. The van der Waals surface area contributed by atoms with E-state index in [1.807, 2.05) is 43.3 Å². The van der Waals surface area contributed by atoms with Crippen molar-refractivity contribution in [2.24, 2.45) is 0 Å². The molecule has 1 aliphatic rings. The average molecular weight is 381 g/mol. The quantitative estimate of drug-likeness (QED) is 0.694. The first-order valence-electron chi connectivity index (χ1n) is 8.48. The van der Waals surface area contributed by atoms with Crippen LogP contribution in [0.4, 0.5) is 5.82 Å². The van der Waals surface area contributed by atoms with Crippen LogP contribution in [0.5, 0.6) is 0 Å². The topological polar surface area (TPSA) is 66.6 Å². The third-order valence-corrected chi connectivity index (χ3v) is 4.87. The van der Waals surface area contributed by atoms with Crippen LogP contribution in [0.3, 0.4) is 0 Å². The van der Waals surface area contributed by atoms with E-state index in [0.717, 1.165) is 16.7 Å². The number of carbonyl (C=O) groups excluding carboxylic acids is 1. The molecule has 0 radical (unpaired) electrons. The van der Waals surface area contributed by atoms with Gasteiger partial charge in [0, 0.05) is 16.7 Å². The Kier molecular flexibility index (Phi) is 4.24. The number of rotatable bonds is 3.